The normalized spacial score (nSPS) is 12.9. The number of unbranched alkanes of at least 4 members (excludes halogenated alkanes) is 25. The molecule has 0 radical (unpaired) electrons. The first-order valence-electron chi connectivity index (χ1n) is 30.4. The summed E-state index contributed by atoms with van der Waals surface area (Å²) >= 11 is 0. The molecule has 1 unspecified atom stereocenters. The largest absolute Gasteiger partial charge is 0.462 e. The Balaban J connectivity index is 4.39. The van der Waals surface area contributed by atoms with Crippen LogP contribution in [0.5, 0.6) is 0 Å². The van der Waals surface area contributed by atoms with Crippen LogP contribution in [0.1, 0.15) is 278 Å². The van der Waals surface area contributed by atoms with Gasteiger partial charge in [-0.25, -0.2) is 0 Å². The summed E-state index contributed by atoms with van der Waals surface area (Å²) in [7, 11) is 0. The number of esters is 3. The van der Waals surface area contributed by atoms with Crippen molar-refractivity contribution in [2.75, 3.05) is 13.2 Å². The van der Waals surface area contributed by atoms with E-state index in [4.69, 9.17) is 14.2 Å². The van der Waals surface area contributed by atoms with Gasteiger partial charge in [-0.15, -0.1) is 0 Å². The molecule has 0 aliphatic heterocycles. The fourth-order valence-corrected chi connectivity index (χ4v) is 8.20. The van der Waals surface area contributed by atoms with Gasteiger partial charge in [-0.2, -0.15) is 0 Å². The summed E-state index contributed by atoms with van der Waals surface area (Å²) in [5.74, 6) is -0.945. The van der Waals surface area contributed by atoms with Crippen molar-refractivity contribution in [2.45, 2.75) is 284 Å². The maximum atomic E-state index is 12.9. The molecule has 0 spiro atoms. The minimum atomic E-state index is -0.799. The van der Waals surface area contributed by atoms with Gasteiger partial charge >= 0.3 is 17.9 Å². The number of hydrogen-bond donors (Lipinski definition) is 0. The highest BCUT2D eigenvalue weighted by molar-refractivity contribution is 5.71. The lowest BCUT2D eigenvalue weighted by Crippen LogP contribution is -2.30. The van der Waals surface area contributed by atoms with Crippen LogP contribution in [0.2, 0.25) is 0 Å². The highest BCUT2D eigenvalue weighted by Gasteiger charge is 2.19. The Morgan fingerprint density at radius 3 is 0.918 bits per heavy atom. The van der Waals surface area contributed by atoms with Gasteiger partial charge < -0.3 is 14.2 Å². The predicted octanol–water partition coefficient (Wildman–Crippen LogP) is 20.7. The molecule has 0 saturated carbocycles. The van der Waals surface area contributed by atoms with E-state index in [9.17, 15) is 14.4 Å². The van der Waals surface area contributed by atoms with Crippen LogP contribution in [-0.2, 0) is 28.6 Å². The molecule has 6 heteroatoms. The van der Waals surface area contributed by atoms with Gasteiger partial charge in [0.05, 0.1) is 0 Å². The molecule has 0 heterocycles. The van der Waals surface area contributed by atoms with E-state index in [1.54, 1.807) is 0 Å². The SMILES string of the molecule is CC/C=C\C/C=C\C/C=C\C/C=C\C/C=C\C/C=C\C/C=C\C/C=C\CCCCC(=O)OCC(COC(=O)CCCCCCC/C=C\CCCC)OC(=O)CCCCCCCCCCCCCCCCCCC. The Morgan fingerprint density at radius 2 is 0.548 bits per heavy atom. The van der Waals surface area contributed by atoms with E-state index in [1.807, 2.05) is 0 Å². The fourth-order valence-electron chi connectivity index (χ4n) is 8.20. The standard InChI is InChI=1S/C67H112O6/c1-4-7-10-13-16-19-22-24-26-28-29-30-31-32-33-34-35-36-37-39-40-42-45-48-51-54-57-60-66(69)72-63-64(62-71-65(68)59-56-53-50-47-44-21-18-15-12-9-6-3)73-67(70)61-58-55-52-49-46-43-41-38-27-25-23-20-17-14-11-8-5-2/h7,10,15-16,18-19,24,26,29-30,32-33,35-36,39-40,45,48,64H,4-6,8-9,11-14,17,20-23,25,27-28,31,34,37-38,41-44,46-47,49-63H2,1-3H3/b10-7-,18-15-,19-16-,26-24-,30-29-,33-32-,36-35-,40-39-,48-45-. The van der Waals surface area contributed by atoms with Gasteiger partial charge in [0.25, 0.3) is 0 Å². The fraction of sp³-hybridized carbons (Fsp3) is 0.687. The molecule has 0 bridgehead atoms. The smallest absolute Gasteiger partial charge is 0.306 e. The lowest BCUT2D eigenvalue weighted by Gasteiger charge is -2.18. The molecular weight excluding hydrogens is 901 g/mol. The Kier molecular flexibility index (Phi) is 57.4. The van der Waals surface area contributed by atoms with Crippen LogP contribution in [0.15, 0.2) is 109 Å². The lowest BCUT2D eigenvalue weighted by atomic mass is 10.0. The molecule has 0 aliphatic rings. The molecule has 0 aromatic rings. The summed E-state index contributed by atoms with van der Waals surface area (Å²) in [5, 5.41) is 0. The van der Waals surface area contributed by atoms with Crippen LogP contribution in [0, 0.1) is 0 Å². The Hall–Kier alpha value is -3.93. The zero-order valence-electron chi connectivity index (χ0n) is 47.6. The van der Waals surface area contributed by atoms with Crippen LogP contribution < -0.4 is 0 Å². The molecule has 6 nitrogen and oxygen atoms in total. The molecule has 0 N–H and O–H groups in total. The molecule has 0 saturated heterocycles. The number of hydrogen-bond acceptors (Lipinski definition) is 6. The maximum absolute atomic E-state index is 12.9. The summed E-state index contributed by atoms with van der Waals surface area (Å²) < 4.78 is 16.8. The van der Waals surface area contributed by atoms with Crippen LogP contribution in [0.3, 0.4) is 0 Å². The van der Waals surface area contributed by atoms with Crippen molar-refractivity contribution in [1.29, 1.82) is 0 Å². The number of carbonyl (C=O) groups excluding carboxylic acids is 3. The first kappa shape index (κ1) is 69.1. The number of rotatable bonds is 54. The molecule has 0 aromatic heterocycles. The molecule has 0 fully saturated rings. The van der Waals surface area contributed by atoms with Crippen molar-refractivity contribution < 1.29 is 28.6 Å². The molecule has 0 aliphatic carbocycles. The summed E-state index contributed by atoms with van der Waals surface area (Å²) in [6.07, 6.45) is 82.3. The lowest BCUT2D eigenvalue weighted by molar-refractivity contribution is -0.167. The summed E-state index contributed by atoms with van der Waals surface area (Å²) in [6.45, 7) is 6.46. The van der Waals surface area contributed by atoms with Crippen molar-refractivity contribution in [1.82, 2.24) is 0 Å². The predicted molar refractivity (Wildman–Crippen MR) is 316 cm³/mol. The zero-order chi connectivity index (χ0) is 52.9. The zero-order valence-corrected chi connectivity index (χ0v) is 47.6. The van der Waals surface area contributed by atoms with Gasteiger partial charge in [0, 0.05) is 19.3 Å². The van der Waals surface area contributed by atoms with Gasteiger partial charge in [0.2, 0.25) is 0 Å². The highest BCUT2D eigenvalue weighted by Crippen LogP contribution is 2.16. The van der Waals surface area contributed by atoms with E-state index in [-0.39, 0.29) is 31.1 Å². The molecule has 73 heavy (non-hydrogen) atoms. The minimum Gasteiger partial charge on any atom is -0.462 e. The average Bonchev–Trinajstić information content (AvgIpc) is 3.39. The van der Waals surface area contributed by atoms with Gasteiger partial charge in [-0.1, -0.05) is 265 Å². The van der Waals surface area contributed by atoms with E-state index in [1.165, 1.54) is 116 Å². The molecule has 0 rings (SSSR count). The third-order valence-electron chi connectivity index (χ3n) is 12.8. The second kappa shape index (κ2) is 60.6. The Labute approximate surface area is 450 Å². The first-order chi connectivity index (χ1) is 36.0. The second-order valence-corrected chi connectivity index (χ2v) is 19.9. The maximum Gasteiger partial charge on any atom is 0.306 e. The molecule has 1 atom stereocenters. The molecule has 416 valence electrons. The number of carbonyl (C=O) groups is 3. The third-order valence-corrected chi connectivity index (χ3v) is 12.8. The van der Waals surface area contributed by atoms with Gasteiger partial charge in [-0.05, 0) is 103 Å². The highest BCUT2D eigenvalue weighted by atomic mass is 16.6. The van der Waals surface area contributed by atoms with Crippen LogP contribution in [-0.4, -0.2) is 37.2 Å². The Bertz CT molecular complexity index is 1490. The molecule has 0 amide bonds. The molecular formula is C67H112O6. The summed E-state index contributed by atoms with van der Waals surface area (Å²) in [6, 6.07) is 0. The van der Waals surface area contributed by atoms with E-state index in [2.05, 4.69) is 130 Å². The van der Waals surface area contributed by atoms with Crippen molar-refractivity contribution >= 4 is 17.9 Å². The van der Waals surface area contributed by atoms with E-state index in [0.717, 1.165) is 122 Å². The number of ether oxygens (including phenoxy) is 3. The summed E-state index contributed by atoms with van der Waals surface area (Å²) in [5.41, 5.74) is 0. The average molecular weight is 1010 g/mol. The minimum absolute atomic E-state index is 0.0953. The number of allylic oxidation sites excluding steroid dienone is 18. The topological polar surface area (TPSA) is 78.9 Å². The van der Waals surface area contributed by atoms with Crippen molar-refractivity contribution in [3.05, 3.63) is 109 Å². The van der Waals surface area contributed by atoms with Crippen molar-refractivity contribution in [3.8, 4) is 0 Å². The monoisotopic (exact) mass is 1010 g/mol. The Morgan fingerprint density at radius 1 is 0.288 bits per heavy atom. The van der Waals surface area contributed by atoms with Crippen molar-refractivity contribution in [2.24, 2.45) is 0 Å². The van der Waals surface area contributed by atoms with Crippen LogP contribution in [0.25, 0.3) is 0 Å². The van der Waals surface area contributed by atoms with E-state index >= 15 is 0 Å². The van der Waals surface area contributed by atoms with Crippen molar-refractivity contribution in [3.63, 3.8) is 0 Å². The van der Waals surface area contributed by atoms with Crippen LogP contribution in [0.4, 0.5) is 0 Å². The van der Waals surface area contributed by atoms with Gasteiger partial charge in [-0.3, -0.25) is 14.4 Å². The van der Waals surface area contributed by atoms with Gasteiger partial charge in [0.1, 0.15) is 13.2 Å². The third kappa shape index (κ3) is 58.8. The van der Waals surface area contributed by atoms with Crippen LogP contribution >= 0.6 is 0 Å². The van der Waals surface area contributed by atoms with E-state index in [0.29, 0.717) is 19.3 Å². The first-order valence-corrected chi connectivity index (χ1v) is 30.4. The summed E-state index contributed by atoms with van der Waals surface area (Å²) in [4.78, 5) is 38.1. The quantitative estimate of drug-likeness (QED) is 0.0261. The molecule has 0 aromatic carbocycles. The van der Waals surface area contributed by atoms with E-state index < -0.39 is 6.10 Å². The van der Waals surface area contributed by atoms with Gasteiger partial charge in [0.15, 0.2) is 6.10 Å². The second-order valence-electron chi connectivity index (χ2n) is 19.9.